The first-order valence-corrected chi connectivity index (χ1v) is 26.0. The van der Waals surface area contributed by atoms with Crippen LogP contribution in [0.1, 0.15) is 57.1 Å². The van der Waals surface area contributed by atoms with Crippen LogP contribution in [0, 0.1) is 27.9 Å². The number of hydrogen-bond donors (Lipinski definition) is 2. The zero-order valence-electron chi connectivity index (χ0n) is 42.0. The number of nitrogens with one attached hydrogen (secondary N) is 1. The molecule has 1 aromatic heterocycles. The van der Waals surface area contributed by atoms with E-state index in [0.717, 1.165) is 15.2 Å². The zero-order valence-corrected chi connectivity index (χ0v) is 42.8. The molecule has 2 saturated heterocycles. The molecular weight excluding hydrogens is 1010 g/mol. The summed E-state index contributed by atoms with van der Waals surface area (Å²) >= 11 is 1.22. The van der Waals surface area contributed by atoms with Crippen LogP contribution in [0.2, 0.25) is 0 Å². The maximum atomic E-state index is 16.9. The van der Waals surface area contributed by atoms with E-state index in [2.05, 4.69) is 22.1 Å². The molecule has 390 valence electrons. The lowest BCUT2D eigenvalue weighted by Crippen LogP contribution is -2.54. The van der Waals surface area contributed by atoms with E-state index in [1.54, 1.807) is 42.5 Å². The number of rotatable bonds is 14. The summed E-state index contributed by atoms with van der Waals surface area (Å²) in [5.74, 6) is 2.67. The predicted octanol–water partition coefficient (Wildman–Crippen LogP) is 9.70. The normalized spacial score (nSPS) is 20.4. The van der Waals surface area contributed by atoms with Crippen LogP contribution in [0.25, 0.3) is 10.2 Å². The molecule has 78 heavy (non-hydrogen) atoms. The molecular formula is C61H50N6O10S. The Labute approximate surface area is 452 Å². The van der Waals surface area contributed by atoms with E-state index in [1.807, 2.05) is 127 Å². The van der Waals surface area contributed by atoms with Crippen LogP contribution in [-0.2, 0) is 42.4 Å². The molecule has 7 aromatic carbocycles. The van der Waals surface area contributed by atoms with Crippen molar-refractivity contribution in [3.8, 4) is 17.6 Å². The largest absolute Gasteiger partial charge is 0.491 e. The Kier molecular flexibility index (Phi) is 14.3. The number of nitro benzene ring substituents is 1. The van der Waals surface area contributed by atoms with Gasteiger partial charge in [-0.1, -0.05) is 145 Å². The molecule has 3 amide bonds. The molecule has 17 heteroatoms. The van der Waals surface area contributed by atoms with Gasteiger partial charge in [0.1, 0.15) is 36.5 Å². The number of nitro groups is 1. The summed E-state index contributed by atoms with van der Waals surface area (Å²) in [6.45, 7) is 0.0740. The average molecular weight is 1060 g/mol. The molecule has 8 aromatic rings. The van der Waals surface area contributed by atoms with Gasteiger partial charge in [-0.25, -0.2) is 14.7 Å². The molecule has 11 rings (SSSR count). The van der Waals surface area contributed by atoms with E-state index in [-0.39, 0.29) is 47.6 Å². The van der Waals surface area contributed by atoms with E-state index < -0.39 is 64.4 Å². The summed E-state index contributed by atoms with van der Waals surface area (Å²) in [6, 6.07) is 49.6. The topological polar surface area (TPSA) is 194 Å². The smallest absolute Gasteiger partial charge is 0.421 e. The van der Waals surface area contributed by atoms with Gasteiger partial charge < -0.3 is 24.6 Å². The summed E-state index contributed by atoms with van der Waals surface area (Å²) in [4.78, 5) is 84.4. The lowest BCUT2D eigenvalue weighted by atomic mass is 9.65. The number of cyclic esters (lactones) is 1. The number of thiazole rings is 1. The standard InChI is InChI=1S/C61H50N6O10S/c1-64(37-40-16-5-2-6-17-40)33-15-18-39-29-32-48-46(36-39)61(58(71)65(48)60(72)76-38-41-27-30-44(31-28-41)67(73)74)51(56(69)63-59-62-47-24-12-14-26-50(47)78-59)53-57(70)77-54(43-21-9-4-10-22-43)52(42-19-7-3-8-20-42)66(53)55(61)45-23-11-13-25-49(45)75-35-34-68/h2-14,16-17,19-32,36,51-55,68H,33-35,37-38H2,1H3,(H,62,63,69)/t51-,52-,53-,54+,55+,61-/m1/s1. The van der Waals surface area contributed by atoms with Crippen molar-refractivity contribution in [3.05, 3.63) is 231 Å². The van der Waals surface area contributed by atoms with E-state index in [0.29, 0.717) is 46.4 Å². The third kappa shape index (κ3) is 9.51. The number of hydrogen-bond acceptors (Lipinski definition) is 14. The second kappa shape index (κ2) is 21.9. The number of benzene rings is 7. The molecule has 6 atom stereocenters. The van der Waals surface area contributed by atoms with Crippen molar-refractivity contribution in [2.24, 2.45) is 5.92 Å². The quantitative estimate of drug-likeness (QED) is 0.0453. The molecule has 4 heterocycles. The summed E-state index contributed by atoms with van der Waals surface area (Å²) < 4.78 is 19.7. The van der Waals surface area contributed by atoms with Gasteiger partial charge in [-0.05, 0) is 83.4 Å². The van der Waals surface area contributed by atoms with E-state index in [4.69, 9.17) is 19.2 Å². The number of anilines is 2. The highest BCUT2D eigenvalue weighted by atomic mass is 32.1. The number of aliphatic hydroxyl groups excluding tert-OH is 1. The molecule has 0 bridgehead atoms. The molecule has 0 unspecified atom stereocenters. The first kappa shape index (κ1) is 51.1. The third-order valence-corrected chi connectivity index (χ3v) is 15.3. The van der Waals surface area contributed by atoms with Crippen molar-refractivity contribution >= 4 is 61.9 Å². The summed E-state index contributed by atoms with van der Waals surface area (Å²) in [7, 11) is 1.95. The SMILES string of the molecule is CN(CC#Cc1ccc2c(c1)[C@]1(C(=O)N2C(=O)OCc2ccc([N+](=O)[O-])cc2)[C@H](c2ccccc2OCCO)N2[C@H](c3ccccc3)[C@H](c3ccccc3)OC(=O)[C@H]2[C@@H]1C(=O)Nc1nc2ccccc2s1)Cc1ccccc1. The van der Waals surface area contributed by atoms with E-state index >= 15 is 19.2 Å². The highest BCUT2D eigenvalue weighted by Crippen LogP contribution is 2.67. The zero-order chi connectivity index (χ0) is 53.9. The highest BCUT2D eigenvalue weighted by molar-refractivity contribution is 7.22. The van der Waals surface area contributed by atoms with Crippen molar-refractivity contribution in [1.82, 2.24) is 14.8 Å². The Morgan fingerprint density at radius 1 is 0.833 bits per heavy atom. The molecule has 2 N–H and O–H groups in total. The van der Waals surface area contributed by atoms with Crippen molar-refractivity contribution in [2.75, 3.05) is 37.0 Å². The van der Waals surface area contributed by atoms with Gasteiger partial charge in [0, 0.05) is 29.8 Å². The number of imide groups is 1. The Morgan fingerprint density at radius 2 is 1.51 bits per heavy atom. The van der Waals surface area contributed by atoms with Crippen LogP contribution in [0.5, 0.6) is 5.75 Å². The van der Waals surface area contributed by atoms with Crippen LogP contribution < -0.4 is 15.0 Å². The number of carbonyl (C=O) groups excluding carboxylic acids is 4. The maximum Gasteiger partial charge on any atom is 0.421 e. The number of amides is 3. The number of nitrogens with zero attached hydrogens (tertiary/aromatic N) is 5. The lowest BCUT2D eigenvalue weighted by molar-refractivity contribution is -0.384. The third-order valence-electron chi connectivity index (χ3n) is 14.4. The van der Waals surface area contributed by atoms with Gasteiger partial charge in [-0.15, -0.1) is 0 Å². The first-order valence-electron chi connectivity index (χ1n) is 25.2. The van der Waals surface area contributed by atoms with Gasteiger partial charge in [-0.2, -0.15) is 0 Å². The number of fused-ring (bicyclic) bond motifs is 4. The molecule has 1 spiro atoms. The van der Waals surface area contributed by atoms with E-state index in [9.17, 15) is 15.2 Å². The van der Waals surface area contributed by atoms with Gasteiger partial charge in [0.25, 0.3) is 5.69 Å². The first-order chi connectivity index (χ1) is 38.0. The molecule has 3 aliphatic heterocycles. The Morgan fingerprint density at radius 3 is 2.23 bits per heavy atom. The number of aromatic nitrogens is 1. The Balaban J connectivity index is 1.15. The molecule has 3 aliphatic rings. The van der Waals surface area contributed by atoms with Crippen molar-refractivity contribution in [1.29, 1.82) is 0 Å². The number of esters is 1. The van der Waals surface area contributed by atoms with Gasteiger partial charge in [0.05, 0.1) is 52.0 Å². The highest BCUT2D eigenvalue weighted by Gasteiger charge is 2.76. The van der Waals surface area contributed by atoms with Crippen LogP contribution in [-0.4, -0.2) is 81.5 Å². The van der Waals surface area contributed by atoms with Crippen LogP contribution in [0.4, 0.5) is 21.3 Å². The van der Waals surface area contributed by atoms with Gasteiger partial charge in [-0.3, -0.25) is 34.3 Å². The fourth-order valence-electron chi connectivity index (χ4n) is 11.2. The number of aliphatic hydroxyl groups is 1. The van der Waals surface area contributed by atoms with Gasteiger partial charge >= 0.3 is 12.1 Å². The maximum absolute atomic E-state index is 16.9. The fraction of sp³-hybridized carbons (Fsp3) is 0.197. The Bertz CT molecular complexity index is 3600. The van der Waals surface area contributed by atoms with Gasteiger partial charge in [0.2, 0.25) is 11.8 Å². The number of non-ortho nitro benzene ring substituents is 1. The minimum Gasteiger partial charge on any atom is -0.491 e. The molecule has 0 saturated carbocycles. The molecule has 16 nitrogen and oxygen atoms in total. The number of para-hydroxylation sites is 2. The number of carbonyl (C=O) groups is 4. The monoisotopic (exact) mass is 1060 g/mol. The van der Waals surface area contributed by atoms with Crippen LogP contribution in [0.3, 0.4) is 0 Å². The van der Waals surface area contributed by atoms with Crippen molar-refractivity contribution in [2.45, 2.75) is 42.8 Å². The number of ether oxygens (including phenoxy) is 3. The average Bonchev–Trinajstić information content (AvgIpc) is 2.54. The van der Waals surface area contributed by atoms with Gasteiger partial charge in [0.15, 0.2) is 5.13 Å². The second-order valence-corrected chi connectivity index (χ2v) is 20.2. The molecule has 2 fully saturated rings. The molecule has 0 radical (unpaired) electrons. The lowest BCUT2D eigenvalue weighted by Gasteiger charge is -2.46. The number of morpholine rings is 1. The summed E-state index contributed by atoms with van der Waals surface area (Å²) in [6.07, 6.45) is -2.11. The Hall–Kier alpha value is -9.05. The summed E-state index contributed by atoms with van der Waals surface area (Å²) in [5.41, 5.74) is 2.14. The molecule has 0 aliphatic carbocycles. The minimum absolute atomic E-state index is 0.0704. The van der Waals surface area contributed by atoms with Crippen molar-refractivity contribution in [3.63, 3.8) is 0 Å². The van der Waals surface area contributed by atoms with Crippen LogP contribution in [0.15, 0.2) is 182 Å². The van der Waals surface area contributed by atoms with E-state index in [1.165, 1.54) is 35.6 Å². The van der Waals surface area contributed by atoms with Crippen LogP contribution >= 0.6 is 11.3 Å². The predicted molar refractivity (Wildman–Crippen MR) is 292 cm³/mol. The second-order valence-electron chi connectivity index (χ2n) is 19.2. The minimum atomic E-state index is -2.22. The van der Waals surface area contributed by atoms with Crippen molar-refractivity contribution < 1.29 is 43.4 Å². The fourth-order valence-corrected chi connectivity index (χ4v) is 12.1. The summed E-state index contributed by atoms with van der Waals surface area (Å²) in [5, 5.41) is 25.0.